The molecule has 0 aromatic carbocycles. The molecule has 2 aromatic rings. The molecule has 2 rings (SSSR count). The van der Waals surface area contributed by atoms with Crippen molar-refractivity contribution in [2.75, 3.05) is 32.2 Å². The van der Waals surface area contributed by atoms with Crippen LogP contribution in [0, 0.1) is 0 Å². The molecule has 0 radical (unpaired) electrons. The molecule has 0 aliphatic heterocycles. The molecule has 1 N–H and O–H groups in total. The Morgan fingerprint density at radius 3 is 3.05 bits per heavy atom. The molecule has 0 saturated carbocycles. The fraction of sp³-hybridized carbons (Fsp3) is 0.538. The third kappa shape index (κ3) is 3.78. The minimum atomic E-state index is 0.213. The van der Waals surface area contributed by atoms with Gasteiger partial charge in [-0.1, -0.05) is 11.2 Å². The quantitative estimate of drug-likeness (QED) is 0.752. The van der Waals surface area contributed by atoms with Crippen molar-refractivity contribution in [3.8, 4) is 0 Å². The molecule has 0 aliphatic carbocycles. The van der Waals surface area contributed by atoms with Crippen molar-refractivity contribution < 1.29 is 9.15 Å². The topological polar surface area (TPSA) is 63.4 Å². The maximum Gasteiger partial charge on any atom is 0.318 e. The van der Waals surface area contributed by atoms with Crippen molar-refractivity contribution in [1.82, 2.24) is 15.5 Å². The Hall–Kier alpha value is -1.44. The Morgan fingerprint density at radius 2 is 2.35 bits per heavy atom. The molecular weight excluding hydrogens is 276 g/mol. The summed E-state index contributed by atoms with van der Waals surface area (Å²) in [7, 11) is 3.63. The number of rotatable bonds is 8. The van der Waals surface area contributed by atoms with Gasteiger partial charge in [-0.15, -0.1) is 16.4 Å². The molecule has 6 nitrogen and oxygen atoms in total. The summed E-state index contributed by atoms with van der Waals surface area (Å²) in [5, 5.41) is 13.4. The van der Waals surface area contributed by atoms with Crippen LogP contribution in [0.3, 0.4) is 0 Å². The summed E-state index contributed by atoms with van der Waals surface area (Å²) in [5.74, 6) is 0.585. The van der Waals surface area contributed by atoms with Gasteiger partial charge in [0, 0.05) is 25.6 Å². The van der Waals surface area contributed by atoms with Crippen LogP contribution in [-0.4, -0.2) is 37.5 Å². The van der Waals surface area contributed by atoms with Gasteiger partial charge < -0.3 is 19.4 Å². The number of ether oxygens (including phenoxy) is 1. The summed E-state index contributed by atoms with van der Waals surface area (Å²) < 4.78 is 10.6. The van der Waals surface area contributed by atoms with Crippen molar-refractivity contribution >= 4 is 17.4 Å². The summed E-state index contributed by atoms with van der Waals surface area (Å²) >= 11 is 1.72. The summed E-state index contributed by atoms with van der Waals surface area (Å²) in [6.45, 7) is 4.09. The fourth-order valence-corrected chi connectivity index (χ4v) is 2.54. The average molecular weight is 296 g/mol. The van der Waals surface area contributed by atoms with Gasteiger partial charge >= 0.3 is 6.01 Å². The third-order valence-corrected chi connectivity index (χ3v) is 4.10. The van der Waals surface area contributed by atoms with Crippen LogP contribution in [0.2, 0.25) is 0 Å². The first-order chi connectivity index (χ1) is 9.72. The van der Waals surface area contributed by atoms with Crippen LogP contribution in [-0.2, 0) is 11.3 Å². The van der Waals surface area contributed by atoms with E-state index < -0.39 is 0 Å². The minimum absolute atomic E-state index is 0.213. The lowest BCUT2D eigenvalue weighted by Gasteiger charge is -2.21. The smallest absolute Gasteiger partial charge is 0.318 e. The number of nitrogens with zero attached hydrogens (tertiary/aromatic N) is 3. The van der Waals surface area contributed by atoms with E-state index >= 15 is 0 Å². The molecule has 0 amide bonds. The molecule has 20 heavy (non-hydrogen) atoms. The van der Waals surface area contributed by atoms with Crippen molar-refractivity contribution in [2.45, 2.75) is 19.5 Å². The van der Waals surface area contributed by atoms with E-state index in [1.807, 2.05) is 18.0 Å². The number of methoxy groups -OCH3 is 1. The van der Waals surface area contributed by atoms with Gasteiger partial charge in [0.15, 0.2) is 0 Å². The summed E-state index contributed by atoms with van der Waals surface area (Å²) in [4.78, 5) is 3.25. The SMILES string of the molecule is COCCNCc1nnc(N(C)C(C)c2cccs2)o1. The van der Waals surface area contributed by atoms with Gasteiger partial charge in [0.2, 0.25) is 5.89 Å². The van der Waals surface area contributed by atoms with Gasteiger partial charge in [0.1, 0.15) is 0 Å². The van der Waals surface area contributed by atoms with Gasteiger partial charge in [0.25, 0.3) is 0 Å². The Kier molecular flexibility index (Phi) is 5.51. The highest BCUT2D eigenvalue weighted by Gasteiger charge is 2.18. The van der Waals surface area contributed by atoms with Gasteiger partial charge in [-0.05, 0) is 18.4 Å². The second-order valence-corrected chi connectivity index (χ2v) is 5.43. The molecule has 110 valence electrons. The van der Waals surface area contributed by atoms with E-state index in [2.05, 4.69) is 33.9 Å². The highest BCUT2D eigenvalue weighted by atomic mass is 32.1. The summed E-state index contributed by atoms with van der Waals surface area (Å²) in [6.07, 6.45) is 0. The van der Waals surface area contributed by atoms with Crippen LogP contribution in [0.5, 0.6) is 0 Å². The van der Waals surface area contributed by atoms with E-state index in [9.17, 15) is 0 Å². The maximum atomic E-state index is 5.65. The van der Waals surface area contributed by atoms with Crippen LogP contribution < -0.4 is 10.2 Å². The number of hydrogen-bond donors (Lipinski definition) is 1. The second kappa shape index (κ2) is 7.37. The molecule has 0 bridgehead atoms. The Bertz CT molecular complexity index is 500. The average Bonchev–Trinajstić information content (AvgIpc) is 3.13. The van der Waals surface area contributed by atoms with E-state index in [0.29, 0.717) is 25.1 Å². The molecule has 2 aromatic heterocycles. The number of hydrogen-bond acceptors (Lipinski definition) is 7. The zero-order valence-electron chi connectivity index (χ0n) is 12.0. The van der Waals surface area contributed by atoms with Gasteiger partial charge in [0.05, 0.1) is 19.2 Å². The van der Waals surface area contributed by atoms with E-state index in [4.69, 9.17) is 9.15 Å². The largest absolute Gasteiger partial charge is 0.407 e. The number of anilines is 1. The first kappa shape index (κ1) is 15.0. The zero-order valence-corrected chi connectivity index (χ0v) is 12.8. The number of aromatic nitrogens is 2. The zero-order chi connectivity index (χ0) is 14.4. The molecule has 2 heterocycles. The molecule has 1 unspecified atom stereocenters. The van der Waals surface area contributed by atoms with Crippen LogP contribution in [0.1, 0.15) is 23.7 Å². The first-order valence-corrected chi connectivity index (χ1v) is 7.38. The van der Waals surface area contributed by atoms with Crippen LogP contribution >= 0.6 is 11.3 Å². The molecule has 0 saturated heterocycles. The third-order valence-electron chi connectivity index (χ3n) is 3.05. The van der Waals surface area contributed by atoms with E-state index in [1.165, 1.54) is 4.88 Å². The molecule has 1 atom stereocenters. The van der Waals surface area contributed by atoms with E-state index in [-0.39, 0.29) is 6.04 Å². The first-order valence-electron chi connectivity index (χ1n) is 6.50. The Morgan fingerprint density at radius 1 is 1.50 bits per heavy atom. The van der Waals surface area contributed by atoms with Crippen molar-refractivity contribution in [2.24, 2.45) is 0 Å². The predicted molar refractivity (Wildman–Crippen MR) is 79.0 cm³/mol. The highest BCUT2D eigenvalue weighted by Crippen LogP contribution is 2.27. The Labute approximate surface area is 122 Å². The molecular formula is C13H20N4O2S. The highest BCUT2D eigenvalue weighted by molar-refractivity contribution is 7.10. The van der Waals surface area contributed by atoms with Crippen LogP contribution in [0.25, 0.3) is 0 Å². The molecule has 0 fully saturated rings. The maximum absolute atomic E-state index is 5.65. The normalized spacial score (nSPS) is 12.6. The van der Waals surface area contributed by atoms with Crippen LogP contribution in [0.15, 0.2) is 21.9 Å². The lowest BCUT2D eigenvalue weighted by atomic mass is 10.2. The van der Waals surface area contributed by atoms with E-state index in [1.54, 1.807) is 18.4 Å². The van der Waals surface area contributed by atoms with Gasteiger partial charge in [-0.2, -0.15) is 0 Å². The predicted octanol–water partition coefficient (Wildman–Crippen LogP) is 2.06. The molecule has 0 spiro atoms. The Balaban J connectivity index is 1.91. The standard InChI is InChI=1S/C13H20N4O2S/c1-10(11-5-4-8-20-11)17(2)13-16-15-12(19-13)9-14-6-7-18-3/h4-5,8,10,14H,6-7,9H2,1-3H3. The van der Waals surface area contributed by atoms with Gasteiger partial charge in [-0.25, -0.2) is 0 Å². The number of thiophene rings is 1. The monoisotopic (exact) mass is 296 g/mol. The van der Waals surface area contributed by atoms with Crippen LogP contribution in [0.4, 0.5) is 6.01 Å². The molecule has 0 aliphatic rings. The van der Waals surface area contributed by atoms with Crippen molar-refractivity contribution in [1.29, 1.82) is 0 Å². The number of nitrogens with one attached hydrogen (secondary N) is 1. The summed E-state index contributed by atoms with van der Waals surface area (Å²) in [5.41, 5.74) is 0. The lowest BCUT2D eigenvalue weighted by molar-refractivity contribution is 0.198. The van der Waals surface area contributed by atoms with Crippen molar-refractivity contribution in [3.63, 3.8) is 0 Å². The lowest BCUT2D eigenvalue weighted by Crippen LogP contribution is -2.21. The second-order valence-electron chi connectivity index (χ2n) is 4.45. The van der Waals surface area contributed by atoms with Gasteiger partial charge in [-0.3, -0.25) is 0 Å². The van der Waals surface area contributed by atoms with E-state index in [0.717, 1.165) is 6.54 Å². The minimum Gasteiger partial charge on any atom is -0.407 e. The fourth-order valence-electron chi connectivity index (χ4n) is 1.71. The van der Waals surface area contributed by atoms with Crippen molar-refractivity contribution in [3.05, 3.63) is 28.3 Å². The molecule has 7 heteroatoms. The summed E-state index contributed by atoms with van der Waals surface area (Å²) in [6, 6.07) is 4.90.